The van der Waals surface area contributed by atoms with Crippen LogP contribution in [-0.4, -0.2) is 19.5 Å². The van der Waals surface area contributed by atoms with Crippen molar-refractivity contribution in [1.82, 2.24) is 0 Å². The largest absolute Gasteiger partial charge is 0.478 e. The molecule has 21 heavy (non-hydrogen) atoms. The van der Waals surface area contributed by atoms with E-state index in [2.05, 4.69) is 4.72 Å². The van der Waals surface area contributed by atoms with Crippen LogP contribution in [0.3, 0.4) is 0 Å². The van der Waals surface area contributed by atoms with Crippen LogP contribution >= 0.6 is 0 Å². The monoisotopic (exact) mass is 305 g/mol. The highest BCUT2D eigenvalue weighted by Gasteiger charge is 2.13. The Bertz CT molecular complexity index is 751. The van der Waals surface area contributed by atoms with Crippen LogP contribution in [0.4, 0.5) is 5.69 Å². The van der Waals surface area contributed by atoms with Crippen molar-refractivity contribution in [2.75, 3.05) is 4.72 Å². The van der Waals surface area contributed by atoms with Crippen LogP contribution in [0.15, 0.2) is 48.5 Å². The second-order valence-corrected chi connectivity index (χ2v) is 6.40. The fourth-order valence-electron chi connectivity index (χ4n) is 1.85. The molecule has 6 heteroatoms. The summed E-state index contributed by atoms with van der Waals surface area (Å²) in [5, 5.41) is 8.80. The fraction of sp³-hybridized carbons (Fsp3) is 0.133. The van der Waals surface area contributed by atoms with Gasteiger partial charge < -0.3 is 5.11 Å². The van der Waals surface area contributed by atoms with Gasteiger partial charge in [-0.25, -0.2) is 13.2 Å². The van der Waals surface area contributed by atoms with E-state index in [1.165, 1.54) is 24.3 Å². The predicted octanol–water partition coefficient (Wildman–Crippen LogP) is 2.64. The Labute approximate surface area is 123 Å². The molecule has 0 aromatic heterocycles. The van der Waals surface area contributed by atoms with Gasteiger partial charge in [0.25, 0.3) is 0 Å². The molecule has 0 saturated carbocycles. The highest BCUT2D eigenvalue weighted by atomic mass is 32.2. The summed E-state index contributed by atoms with van der Waals surface area (Å²) in [5.74, 6) is -1.25. The summed E-state index contributed by atoms with van der Waals surface area (Å²) in [6.45, 7) is 1.82. The second-order valence-electron chi connectivity index (χ2n) is 4.68. The van der Waals surface area contributed by atoms with Crippen molar-refractivity contribution < 1.29 is 18.3 Å². The number of aromatic carboxylic acids is 1. The molecule has 2 N–H and O–H groups in total. The lowest BCUT2D eigenvalue weighted by atomic mass is 10.1. The third-order valence-electron chi connectivity index (χ3n) is 2.97. The molecule has 0 fully saturated rings. The van der Waals surface area contributed by atoms with E-state index in [0.29, 0.717) is 11.3 Å². The molecule has 0 bridgehead atoms. The van der Waals surface area contributed by atoms with Gasteiger partial charge >= 0.3 is 5.97 Å². The first-order chi connectivity index (χ1) is 9.87. The number of carboxylic acid groups (broad SMARTS) is 1. The average Bonchev–Trinajstić information content (AvgIpc) is 2.41. The van der Waals surface area contributed by atoms with Crippen LogP contribution in [0.2, 0.25) is 0 Å². The van der Waals surface area contributed by atoms with Gasteiger partial charge in [-0.2, -0.15) is 0 Å². The number of benzene rings is 2. The number of nitrogens with one attached hydrogen (secondary N) is 1. The second kappa shape index (κ2) is 5.97. The summed E-state index contributed by atoms with van der Waals surface area (Å²) < 4.78 is 26.8. The first kappa shape index (κ1) is 15.1. The number of rotatable bonds is 5. The van der Waals surface area contributed by atoms with Crippen molar-refractivity contribution in [1.29, 1.82) is 0 Å². The van der Waals surface area contributed by atoms with Crippen LogP contribution in [0.5, 0.6) is 0 Å². The lowest BCUT2D eigenvalue weighted by molar-refractivity contribution is 0.0697. The molecule has 110 valence electrons. The molecule has 2 rings (SSSR count). The number of aryl methyl sites for hydroxylation is 1. The predicted molar refractivity (Wildman–Crippen MR) is 80.8 cm³/mol. The maximum Gasteiger partial charge on any atom is 0.335 e. The number of para-hydroxylation sites is 1. The van der Waals surface area contributed by atoms with E-state index in [1.807, 2.05) is 19.1 Å². The topological polar surface area (TPSA) is 83.5 Å². The zero-order valence-corrected chi connectivity index (χ0v) is 12.2. The molecular formula is C15H15NO4S. The molecule has 0 radical (unpaired) electrons. The molecule has 0 amide bonds. The summed E-state index contributed by atoms with van der Waals surface area (Å²) >= 11 is 0. The van der Waals surface area contributed by atoms with Crippen molar-refractivity contribution in [3.63, 3.8) is 0 Å². The first-order valence-electron chi connectivity index (χ1n) is 6.26. The fourth-order valence-corrected chi connectivity index (χ4v) is 3.12. The van der Waals surface area contributed by atoms with Crippen molar-refractivity contribution in [3.05, 3.63) is 65.2 Å². The molecule has 2 aromatic rings. The van der Waals surface area contributed by atoms with Gasteiger partial charge in [-0.05, 0) is 36.2 Å². The summed E-state index contributed by atoms with van der Waals surface area (Å²) in [7, 11) is -3.54. The quantitative estimate of drug-likeness (QED) is 0.889. The Hall–Kier alpha value is -2.34. The number of sulfonamides is 1. The number of hydrogen-bond donors (Lipinski definition) is 2. The van der Waals surface area contributed by atoms with E-state index in [-0.39, 0.29) is 11.3 Å². The Kier molecular flexibility index (Phi) is 4.28. The van der Waals surface area contributed by atoms with Crippen molar-refractivity contribution >= 4 is 21.7 Å². The summed E-state index contributed by atoms with van der Waals surface area (Å²) in [6.07, 6.45) is 0. The summed E-state index contributed by atoms with van der Waals surface area (Å²) in [5.41, 5.74) is 2.03. The van der Waals surface area contributed by atoms with Gasteiger partial charge in [-0.3, -0.25) is 4.72 Å². The van der Waals surface area contributed by atoms with Crippen LogP contribution in [-0.2, 0) is 15.8 Å². The lowest BCUT2D eigenvalue weighted by Crippen LogP contribution is -2.15. The highest BCUT2D eigenvalue weighted by molar-refractivity contribution is 7.91. The highest BCUT2D eigenvalue weighted by Crippen LogP contribution is 2.17. The molecule has 0 aliphatic heterocycles. The first-order valence-corrected chi connectivity index (χ1v) is 7.91. The third kappa shape index (κ3) is 4.06. The van der Waals surface area contributed by atoms with Crippen molar-refractivity contribution in [3.8, 4) is 0 Å². The molecule has 0 aliphatic carbocycles. The Morgan fingerprint density at radius 2 is 1.71 bits per heavy atom. The molecule has 5 nitrogen and oxygen atoms in total. The van der Waals surface area contributed by atoms with Crippen LogP contribution < -0.4 is 4.72 Å². The van der Waals surface area contributed by atoms with E-state index >= 15 is 0 Å². The number of carboxylic acids is 1. The zero-order valence-electron chi connectivity index (χ0n) is 11.4. The van der Waals surface area contributed by atoms with E-state index < -0.39 is 16.0 Å². The molecule has 0 unspecified atom stereocenters. The maximum absolute atomic E-state index is 12.1. The van der Waals surface area contributed by atoms with Crippen LogP contribution in [0.25, 0.3) is 0 Å². The maximum atomic E-state index is 12.1. The van der Waals surface area contributed by atoms with E-state index in [9.17, 15) is 13.2 Å². The smallest absolute Gasteiger partial charge is 0.335 e. The molecule has 0 spiro atoms. The minimum absolute atomic E-state index is 0.128. The molecule has 0 aliphatic rings. The normalized spacial score (nSPS) is 11.1. The molecular weight excluding hydrogens is 290 g/mol. The molecule has 0 heterocycles. The number of carbonyl (C=O) groups is 1. The third-order valence-corrected chi connectivity index (χ3v) is 4.21. The summed E-state index contributed by atoms with van der Waals surface area (Å²) in [6, 6.07) is 12.9. The van der Waals surface area contributed by atoms with Gasteiger partial charge in [0.05, 0.1) is 17.0 Å². The Balaban J connectivity index is 2.14. The summed E-state index contributed by atoms with van der Waals surface area (Å²) in [4.78, 5) is 10.7. The molecule has 0 atom stereocenters. The van der Waals surface area contributed by atoms with Crippen molar-refractivity contribution in [2.24, 2.45) is 0 Å². The average molecular weight is 305 g/mol. The van der Waals surface area contributed by atoms with Gasteiger partial charge in [0.1, 0.15) is 0 Å². The standard InChI is InChI=1S/C15H15NO4S/c1-11-4-2-3-5-14(11)16-21(19,20)10-12-6-8-13(9-7-12)15(17)18/h2-9,16H,10H2,1H3,(H,17,18). The van der Waals surface area contributed by atoms with E-state index in [0.717, 1.165) is 5.56 Å². The van der Waals surface area contributed by atoms with Gasteiger partial charge in [-0.1, -0.05) is 30.3 Å². The van der Waals surface area contributed by atoms with Crippen LogP contribution in [0, 0.1) is 6.92 Å². The lowest BCUT2D eigenvalue weighted by Gasteiger charge is -2.10. The van der Waals surface area contributed by atoms with E-state index in [1.54, 1.807) is 12.1 Å². The zero-order chi connectivity index (χ0) is 15.5. The van der Waals surface area contributed by atoms with Gasteiger partial charge in [0, 0.05) is 0 Å². The number of hydrogen-bond acceptors (Lipinski definition) is 3. The Morgan fingerprint density at radius 1 is 1.10 bits per heavy atom. The van der Waals surface area contributed by atoms with Gasteiger partial charge in [-0.15, -0.1) is 0 Å². The Morgan fingerprint density at radius 3 is 2.29 bits per heavy atom. The minimum Gasteiger partial charge on any atom is -0.478 e. The van der Waals surface area contributed by atoms with E-state index in [4.69, 9.17) is 5.11 Å². The van der Waals surface area contributed by atoms with Crippen LogP contribution in [0.1, 0.15) is 21.5 Å². The molecule has 0 saturated heterocycles. The SMILES string of the molecule is Cc1ccccc1NS(=O)(=O)Cc1ccc(C(=O)O)cc1. The molecule has 2 aromatic carbocycles. The number of anilines is 1. The minimum atomic E-state index is -3.54. The van der Waals surface area contributed by atoms with Crippen molar-refractivity contribution in [2.45, 2.75) is 12.7 Å². The van der Waals surface area contributed by atoms with Gasteiger partial charge in [0.2, 0.25) is 10.0 Å². The van der Waals surface area contributed by atoms with Gasteiger partial charge in [0.15, 0.2) is 0 Å².